The Kier molecular flexibility index (Phi) is 4.82. The highest BCUT2D eigenvalue weighted by molar-refractivity contribution is 5.74. The molecule has 0 aromatic carbocycles. The number of ether oxygens (including phenoxy) is 2. The minimum absolute atomic E-state index is 0.131. The van der Waals surface area contributed by atoms with E-state index >= 15 is 0 Å². The fourth-order valence-electron chi connectivity index (χ4n) is 1.46. The molecule has 0 fully saturated rings. The lowest BCUT2D eigenvalue weighted by Gasteiger charge is -2.13. The van der Waals surface area contributed by atoms with Gasteiger partial charge in [-0.25, -0.2) is 13.8 Å². The fraction of sp³-hybridized carbons (Fsp3) is 0.455. The summed E-state index contributed by atoms with van der Waals surface area (Å²) in [6, 6.07) is 0. The minimum atomic E-state index is -2.91. The van der Waals surface area contributed by atoms with Crippen molar-refractivity contribution in [3.8, 4) is 11.6 Å². The topological polar surface area (TPSA) is 68.7 Å². The molecule has 100 valence electrons. The van der Waals surface area contributed by atoms with Crippen molar-refractivity contribution in [3.63, 3.8) is 0 Å². The van der Waals surface area contributed by atoms with E-state index in [9.17, 15) is 18.7 Å². The molecule has 0 aliphatic rings. The lowest BCUT2D eigenvalue weighted by atomic mass is 10.1. The Morgan fingerprint density at radius 1 is 1.56 bits per heavy atom. The van der Waals surface area contributed by atoms with Gasteiger partial charge in [0.15, 0.2) is 0 Å². The SMILES string of the molecule is CCOC(=O)Cc1c(O)cnc(OC)c1C(F)F. The molecule has 0 bridgehead atoms. The third kappa shape index (κ3) is 3.06. The van der Waals surface area contributed by atoms with Crippen LogP contribution >= 0.6 is 0 Å². The van der Waals surface area contributed by atoms with Gasteiger partial charge in [-0.05, 0) is 6.92 Å². The van der Waals surface area contributed by atoms with E-state index in [1.165, 1.54) is 7.11 Å². The van der Waals surface area contributed by atoms with Crippen LogP contribution in [0.5, 0.6) is 11.6 Å². The number of aromatic hydroxyl groups is 1. The zero-order chi connectivity index (χ0) is 13.7. The molecule has 0 unspecified atom stereocenters. The lowest BCUT2D eigenvalue weighted by molar-refractivity contribution is -0.142. The molecule has 0 spiro atoms. The Morgan fingerprint density at radius 2 is 2.22 bits per heavy atom. The highest BCUT2D eigenvalue weighted by atomic mass is 19.3. The normalized spacial score (nSPS) is 10.5. The Hall–Kier alpha value is -1.92. The zero-order valence-electron chi connectivity index (χ0n) is 9.94. The lowest BCUT2D eigenvalue weighted by Crippen LogP contribution is -2.11. The number of rotatable bonds is 5. The number of methoxy groups -OCH3 is 1. The van der Waals surface area contributed by atoms with Crippen LogP contribution in [0.1, 0.15) is 24.5 Å². The first-order valence-corrected chi connectivity index (χ1v) is 5.19. The van der Waals surface area contributed by atoms with E-state index in [2.05, 4.69) is 14.5 Å². The molecule has 18 heavy (non-hydrogen) atoms. The van der Waals surface area contributed by atoms with Gasteiger partial charge in [-0.1, -0.05) is 0 Å². The summed E-state index contributed by atoms with van der Waals surface area (Å²) >= 11 is 0. The number of carbonyl (C=O) groups is 1. The summed E-state index contributed by atoms with van der Waals surface area (Å²) in [5.74, 6) is -1.51. The first-order chi connectivity index (χ1) is 8.51. The molecule has 1 rings (SSSR count). The molecular formula is C11H13F2NO4. The number of alkyl halides is 2. The van der Waals surface area contributed by atoms with Crippen molar-refractivity contribution in [1.29, 1.82) is 0 Å². The van der Waals surface area contributed by atoms with Gasteiger partial charge >= 0.3 is 5.97 Å². The van der Waals surface area contributed by atoms with E-state index in [1.807, 2.05) is 0 Å². The summed E-state index contributed by atoms with van der Waals surface area (Å²) in [6.45, 7) is 1.73. The van der Waals surface area contributed by atoms with E-state index in [0.717, 1.165) is 6.20 Å². The molecule has 0 aliphatic carbocycles. The van der Waals surface area contributed by atoms with Crippen LogP contribution in [0.25, 0.3) is 0 Å². The molecule has 0 atom stereocenters. The van der Waals surface area contributed by atoms with Crippen molar-refractivity contribution in [3.05, 3.63) is 17.3 Å². The van der Waals surface area contributed by atoms with E-state index in [4.69, 9.17) is 0 Å². The molecule has 5 nitrogen and oxygen atoms in total. The number of hydrogen-bond donors (Lipinski definition) is 1. The van der Waals surface area contributed by atoms with Crippen molar-refractivity contribution in [2.24, 2.45) is 0 Å². The Morgan fingerprint density at radius 3 is 2.72 bits per heavy atom. The standard InChI is InChI=1S/C11H13F2NO4/c1-3-18-8(16)4-6-7(15)5-14-11(17-2)9(6)10(12)13/h5,10,15H,3-4H2,1-2H3. The van der Waals surface area contributed by atoms with Gasteiger partial charge < -0.3 is 14.6 Å². The summed E-state index contributed by atoms with van der Waals surface area (Å²) in [7, 11) is 1.18. The first kappa shape index (κ1) is 14.1. The molecular weight excluding hydrogens is 248 g/mol. The Balaban J connectivity index is 3.18. The van der Waals surface area contributed by atoms with Crippen LogP contribution in [-0.2, 0) is 16.0 Å². The van der Waals surface area contributed by atoms with Crippen LogP contribution in [0.15, 0.2) is 6.20 Å². The second kappa shape index (κ2) is 6.13. The van der Waals surface area contributed by atoms with Gasteiger partial charge in [0.1, 0.15) is 5.75 Å². The third-order valence-electron chi connectivity index (χ3n) is 2.21. The average molecular weight is 261 g/mol. The second-order valence-corrected chi connectivity index (χ2v) is 3.33. The van der Waals surface area contributed by atoms with E-state index < -0.39 is 30.1 Å². The van der Waals surface area contributed by atoms with Crippen molar-refractivity contribution < 1.29 is 28.2 Å². The van der Waals surface area contributed by atoms with Gasteiger partial charge in [-0.3, -0.25) is 4.79 Å². The van der Waals surface area contributed by atoms with E-state index in [-0.39, 0.29) is 18.1 Å². The predicted molar refractivity (Wildman–Crippen MR) is 57.7 cm³/mol. The van der Waals surface area contributed by atoms with Gasteiger partial charge in [0.05, 0.1) is 31.9 Å². The molecule has 7 heteroatoms. The molecule has 1 heterocycles. The van der Waals surface area contributed by atoms with Crippen molar-refractivity contribution in [2.75, 3.05) is 13.7 Å². The zero-order valence-corrected chi connectivity index (χ0v) is 9.94. The molecule has 1 aromatic heterocycles. The maximum Gasteiger partial charge on any atom is 0.310 e. The molecule has 0 saturated carbocycles. The number of nitrogens with zero attached hydrogens (tertiary/aromatic N) is 1. The van der Waals surface area contributed by atoms with Crippen LogP contribution in [0.4, 0.5) is 8.78 Å². The molecule has 0 amide bonds. The monoisotopic (exact) mass is 261 g/mol. The molecule has 0 radical (unpaired) electrons. The summed E-state index contributed by atoms with van der Waals surface area (Å²) in [5.41, 5.74) is -0.819. The molecule has 0 saturated heterocycles. The summed E-state index contributed by atoms with van der Waals surface area (Å²) in [5, 5.41) is 9.52. The number of pyridine rings is 1. The molecule has 1 aromatic rings. The quantitative estimate of drug-likeness (QED) is 0.819. The Labute approximate surface area is 102 Å². The number of halogens is 2. The van der Waals surface area contributed by atoms with Crippen molar-refractivity contribution in [2.45, 2.75) is 19.8 Å². The third-order valence-corrected chi connectivity index (χ3v) is 2.21. The number of aromatic nitrogens is 1. The highest BCUT2D eigenvalue weighted by Crippen LogP contribution is 2.35. The minimum Gasteiger partial charge on any atom is -0.506 e. The Bertz CT molecular complexity index is 437. The van der Waals surface area contributed by atoms with Gasteiger partial charge in [0.25, 0.3) is 6.43 Å². The van der Waals surface area contributed by atoms with Crippen LogP contribution in [0.2, 0.25) is 0 Å². The molecule has 1 N–H and O–H groups in total. The number of esters is 1. The highest BCUT2D eigenvalue weighted by Gasteiger charge is 2.25. The second-order valence-electron chi connectivity index (χ2n) is 3.33. The smallest absolute Gasteiger partial charge is 0.310 e. The van der Waals surface area contributed by atoms with Crippen LogP contribution in [-0.4, -0.2) is 29.8 Å². The van der Waals surface area contributed by atoms with E-state index in [1.54, 1.807) is 6.92 Å². The van der Waals surface area contributed by atoms with Gasteiger partial charge in [0, 0.05) is 5.56 Å². The molecule has 0 aliphatic heterocycles. The fourth-order valence-corrected chi connectivity index (χ4v) is 1.46. The first-order valence-electron chi connectivity index (χ1n) is 5.19. The number of hydrogen-bond acceptors (Lipinski definition) is 5. The van der Waals surface area contributed by atoms with Gasteiger partial charge in [0.2, 0.25) is 5.88 Å². The predicted octanol–water partition coefficient (Wildman–Crippen LogP) is 1.84. The van der Waals surface area contributed by atoms with Gasteiger partial charge in [-0.15, -0.1) is 0 Å². The van der Waals surface area contributed by atoms with Crippen LogP contribution in [0.3, 0.4) is 0 Å². The summed E-state index contributed by atoms with van der Waals surface area (Å²) in [4.78, 5) is 14.8. The van der Waals surface area contributed by atoms with Crippen molar-refractivity contribution >= 4 is 5.97 Å². The van der Waals surface area contributed by atoms with Crippen LogP contribution in [0, 0.1) is 0 Å². The maximum absolute atomic E-state index is 12.9. The van der Waals surface area contributed by atoms with Crippen LogP contribution < -0.4 is 4.74 Å². The van der Waals surface area contributed by atoms with Crippen molar-refractivity contribution in [1.82, 2.24) is 4.98 Å². The number of carbonyl (C=O) groups excluding carboxylic acids is 1. The van der Waals surface area contributed by atoms with E-state index in [0.29, 0.717) is 0 Å². The maximum atomic E-state index is 12.9. The van der Waals surface area contributed by atoms with Gasteiger partial charge in [-0.2, -0.15) is 0 Å². The largest absolute Gasteiger partial charge is 0.506 e. The summed E-state index contributed by atoms with van der Waals surface area (Å²) in [6.07, 6.45) is -2.42. The summed E-state index contributed by atoms with van der Waals surface area (Å²) < 4.78 is 35.2. The average Bonchev–Trinajstić information content (AvgIpc) is 2.31.